The normalized spacial score (nSPS) is 43.7. The smallest absolute Gasteiger partial charge is 0.265 e. The first-order chi connectivity index (χ1) is 22.1. The van der Waals surface area contributed by atoms with Crippen molar-refractivity contribution in [1.29, 1.82) is 0 Å². The fraction of sp³-hybridized carbons (Fsp3) is 0.467. The number of rotatable bonds is 3. The summed E-state index contributed by atoms with van der Waals surface area (Å²) in [6, 6.07) is 15.8. The molecule has 8 fully saturated rings. The van der Waals surface area contributed by atoms with Gasteiger partial charge >= 0.3 is 0 Å². The Balaban J connectivity index is 1.29. The van der Waals surface area contributed by atoms with Crippen LogP contribution in [0, 0.1) is 0 Å². The number of benzene rings is 2. The fourth-order valence-corrected chi connectivity index (χ4v) is 17.2. The number of hydrogen-bond acceptors (Lipinski definition) is 12. The summed E-state index contributed by atoms with van der Waals surface area (Å²) in [5, 5.41) is 28.6. The lowest BCUT2D eigenvalue weighted by Gasteiger charge is -2.57. The van der Waals surface area contributed by atoms with Crippen molar-refractivity contribution in [3.05, 3.63) is 59.7 Å². The molecule has 46 heavy (non-hydrogen) atoms. The summed E-state index contributed by atoms with van der Waals surface area (Å²) >= 11 is 0. The number of piperazine rings is 2. The molecule has 0 radical (unpaired) electrons. The summed E-state index contributed by atoms with van der Waals surface area (Å²) in [6.07, 6.45) is -1.01. The minimum Gasteiger partial charge on any atom is -0.392 e. The van der Waals surface area contributed by atoms with Crippen LogP contribution in [0.15, 0.2) is 48.5 Å². The van der Waals surface area contributed by atoms with Gasteiger partial charge in [-0.25, -0.2) is 0 Å². The molecule has 2 spiro atoms. The van der Waals surface area contributed by atoms with Crippen LogP contribution < -0.4 is 10.6 Å². The topological polar surface area (TPSA) is 146 Å². The molecule has 0 saturated carbocycles. The highest BCUT2D eigenvalue weighted by atomic mass is 33.1. The summed E-state index contributed by atoms with van der Waals surface area (Å²) < 4.78 is 0. The highest BCUT2D eigenvalue weighted by Gasteiger charge is 2.87. The van der Waals surface area contributed by atoms with Crippen LogP contribution in [0.1, 0.15) is 24.0 Å². The number of para-hydroxylation sites is 2. The van der Waals surface area contributed by atoms with E-state index >= 15 is 0 Å². The van der Waals surface area contributed by atoms with E-state index in [1.165, 1.54) is 53.0 Å². The second-order valence-electron chi connectivity index (χ2n) is 13.3. The van der Waals surface area contributed by atoms with Crippen LogP contribution in [0.3, 0.4) is 0 Å². The van der Waals surface area contributed by atoms with E-state index in [1.807, 2.05) is 48.5 Å². The number of fused-ring (bicyclic) bond motifs is 11. The third-order valence-corrected chi connectivity index (χ3v) is 19.3. The molecule has 10 aliphatic heterocycles. The average Bonchev–Trinajstić information content (AvgIpc) is 3.75. The van der Waals surface area contributed by atoms with E-state index in [-0.39, 0.29) is 36.5 Å². The second kappa shape index (κ2) is 8.26. The predicted octanol–water partition coefficient (Wildman–Crippen LogP) is 1.33. The van der Waals surface area contributed by atoms with Gasteiger partial charge in [-0.2, -0.15) is 0 Å². The van der Waals surface area contributed by atoms with E-state index in [4.69, 9.17) is 0 Å². The maximum absolute atomic E-state index is 14.7. The SMILES string of the molecule is CN1C(=O)[C@@]23C[C@]4([C@@]56C[C@]78SS[C@](CO)(C(=O)N7[C@@H]5Nc5ccccc56)N(C)C8=O)c5ccccc5N[C@H]4N2C(=O)[C@@]1(CO)SS3. The van der Waals surface area contributed by atoms with E-state index in [2.05, 4.69) is 10.6 Å². The van der Waals surface area contributed by atoms with Gasteiger partial charge in [0.1, 0.15) is 12.3 Å². The van der Waals surface area contributed by atoms with Gasteiger partial charge in [-0.1, -0.05) is 58.0 Å². The molecule has 0 unspecified atom stereocenters. The molecule has 0 aromatic heterocycles. The van der Waals surface area contributed by atoms with Crippen molar-refractivity contribution < 1.29 is 29.4 Å². The summed E-state index contributed by atoms with van der Waals surface area (Å²) in [4.78, 5) is 59.0. The molecule has 2 aromatic rings. The Hall–Kier alpha value is -2.76. The van der Waals surface area contributed by atoms with Gasteiger partial charge in [-0.05, 0) is 44.8 Å². The average molecular weight is 697 g/mol. The van der Waals surface area contributed by atoms with Gasteiger partial charge in [-0.3, -0.25) is 29.0 Å². The summed E-state index contributed by atoms with van der Waals surface area (Å²) in [7, 11) is 8.28. The van der Waals surface area contributed by atoms with E-state index in [0.29, 0.717) is 0 Å². The lowest BCUT2D eigenvalue weighted by molar-refractivity contribution is -0.166. The Labute approximate surface area is 279 Å². The van der Waals surface area contributed by atoms with Crippen LogP contribution in [-0.2, 0) is 30.0 Å². The molecule has 10 heterocycles. The van der Waals surface area contributed by atoms with Crippen LogP contribution in [-0.4, -0.2) is 113 Å². The Morgan fingerprint density at radius 2 is 1.04 bits per heavy atom. The van der Waals surface area contributed by atoms with Gasteiger partial charge in [0, 0.05) is 38.3 Å². The molecular formula is C30H28N6O6S4. The quantitative estimate of drug-likeness (QED) is 0.344. The largest absolute Gasteiger partial charge is 0.392 e. The first-order valence-electron chi connectivity index (χ1n) is 15.0. The summed E-state index contributed by atoms with van der Waals surface area (Å²) in [6.45, 7) is -1.07. The molecule has 12 nitrogen and oxygen atoms in total. The molecule has 4 amide bonds. The second-order valence-corrected chi connectivity index (χ2v) is 18.7. The number of carbonyl (C=O) groups excluding carboxylic acids is 4. The fourth-order valence-electron chi connectivity index (χ4n) is 9.92. The van der Waals surface area contributed by atoms with Crippen molar-refractivity contribution in [1.82, 2.24) is 19.6 Å². The number of nitrogens with one attached hydrogen (secondary N) is 2. The minimum absolute atomic E-state index is 0.223. The Bertz CT molecular complexity index is 1740. The Kier molecular flexibility index (Phi) is 5.08. The Morgan fingerprint density at radius 1 is 0.652 bits per heavy atom. The van der Waals surface area contributed by atoms with Crippen molar-refractivity contribution in [3.63, 3.8) is 0 Å². The van der Waals surface area contributed by atoms with Gasteiger partial charge in [0.15, 0.2) is 9.74 Å². The first kappa shape index (κ1) is 28.3. The molecule has 8 saturated heterocycles. The van der Waals surface area contributed by atoms with Gasteiger partial charge in [0.25, 0.3) is 23.6 Å². The van der Waals surface area contributed by atoms with E-state index < -0.39 is 55.9 Å². The highest BCUT2D eigenvalue weighted by molar-refractivity contribution is 8.78. The predicted molar refractivity (Wildman–Crippen MR) is 175 cm³/mol. The van der Waals surface area contributed by atoms with Crippen molar-refractivity contribution in [2.24, 2.45) is 0 Å². The van der Waals surface area contributed by atoms with Crippen molar-refractivity contribution in [2.75, 3.05) is 37.9 Å². The zero-order valence-corrected chi connectivity index (χ0v) is 27.8. The number of aliphatic hydroxyl groups excluding tert-OH is 2. The number of amides is 4. The van der Waals surface area contributed by atoms with Crippen molar-refractivity contribution in [2.45, 2.75) is 55.5 Å². The summed E-state index contributed by atoms with van der Waals surface area (Å²) in [5.74, 6) is -1.19. The zero-order valence-electron chi connectivity index (χ0n) is 24.6. The first-order valence-corrected chi connectivity index (χ1v) is 19.3. The van der Waals surface area contributed by atoms with Crippen LogP contribution in [0.25, 0.3) is 0 Å². The van der Waals surface area contributed by atoms with E-state index in [9.17, 15) is 29.4 Å². The minimum atomic E-state index is -1.47. The molecule has 4 N–H and O–H groups in total. The van der Waals surface area contributed by atoms with Crippen molar-refractivity contribution >= 4 is 78.2 Å². The number of aliphatic hydroxyl groups is 2. The van der Waals surface area contributed by atoms with Gasteiger partial charge in [-0.15, -0.1) is 0 Å². The van der Waals surface area contributed by atoms with E-state index in [0.717, 1.165) is 22.5 Å². The highest BCUT2D eigenvalue weighted by Crippen LogP contribution is 2.78. The van der Waals surface area contributed by atoms with Crippen LogP contribution in [0.4, 0.5) is 11.4 Å². The van der Waals surface area contributed by atoms with Crippen LogP contribution in [0.5, 0.6) is 0 Å². The maximum Gasteiger partial charge on any atom is 0.265 e. The van der Waals surface area contributed by atoms with Crippen LogP contribution >= 0.6 is 43.2 Å². The van der Waals surface area contributed by atoms with Gasteiger partial charge < -0.3 is 30.6 Å². The van der Waals surface area contributed by atoms with Crippen LogP contribution in [0.2, 0.25) is 0 Å². The number of carbonyl (C=O) groups is 4. The van der Waals surface area contributed by atoms with E-state index in [1.54, 1.807) is 23.9 Å². The van der Waals surface area contributed by atoms with Gasteiger partial charge in [0.2, 0.25) is 9.74 Å². The molecule has 4 bridgehead atoms. The standard InChI is InChI=1S/C30H28N6O6S4/c1-33-21(39)27-11-25(15-7-3-5-9-17(15)31-19(25)35(27)23(41)29(33,13-37)45-43-27)26-12-28-22(40)34(2)30(14-38,46-44-28)24(42)36(28)20(26)32-18-10-6-4-8-16(18)26/h3-10,19-20,31-32,37-38H,11-14H2,1-2H3/t19-,20-,25-,26+,27-,28+,29+,30+/m0/s1. The third kappa shape index (κ3) is 2.48. The molecular weight excluding hydrogens is 669 g/mol. The molecule has 16 heteroatoms. The molecule has 238 valence electrons. The number of likely N-dealkylation sites (N-methyl/N-ethyl adjacent to an activating group) is 2. The number of hydrogen-bond donors (Lipinski definition) is 4. The summed E-state index contributed by atoms with van der Waals surface area (Å²) in [5.41, 5.74) is 1.45. The van der Waals surface area contributed by atoms with Gasteiger partial charge in [0.05, 0.1) is 24.0 Å². The maximum atomic E-state index is 14.7. The van der Waals surface area contributed by atoms with Crippen molar-refractivity contribution in [3.8, 4) is 0 Å². The molecule has 12 rings (SSSR count). The Morgan fingerprint density at radius 3 is 1.43 bits per heavy atom. The third-order valence-electron chi connectivity index (χ3n) is 12.0. The number of nitrogens with zero attached hydrogens (tertiary/aromatic N) is 4. The molecule has 2 aromatic carbocycles. The number of anilines is 2. The molecule has 10 aliphatic rings. The molecule has 8 atom stereocenters. The zero-order chi connectivity index (χ0) is 31.8. The molecule has 0 aliphatic carbocycles. The lowest BCUT2D eigenvalue weighted by Crippen LogP contribution is -2.77. The monoisotopic (exact) mass is 696 g/mol. The lowest BCUT2D eigenvalue weighted by atomic mass is 9.54.